The summed E-state index contributed by atoms with van der Waals surface area (Å²) >= 11 is 11.9. The van der Waals surface area contributed by atoms with Crippen molar-refractivity contribution in [1.82, 2.24) is 0 Å². The number of carbonyl (C=O) groups is 1. The number of halogens is 2. The van der Waals surface area contributed by atoms with Crippen molar-refractivity contribution in [2.24, 2.45) is 0 Å². The summed E-state index contributed by atoms with van der Waals surface area (Å²) in [5.41, 5.74) is 8.03. The number of nitrogens with one attached hydrogen (secondary N) is 1. The Morgan fingerprint density at radius 1 is 1.16 bits per heavy atom. The summed E-state index contributed by atoms with van der Waals surface area (Å²) in [5, 5.41) is 3.68. The van der Waals surface area contributed by atoms with Crippen LogP contribution < -0.4 is 11.1 Å². The monoisotopic (exact) mass is 294 g/mol. The van der Waals surface area contributed by atoms with Gasteiger partial charge in [-0.3, -0.25) is 4.79 Å². The average molecular weight is 295 g/mol. The molecule has 0 bridgehead atoms. The van der Waals surface area contributed by atoms with Gasteiger partial charge < -0.3 is 11.1 Å². The van der Waals surface area contributed by atoms with Crippen molar-refractivity contribution in [3.63, 3.8) is 0 Å². The number of amides is 1. The third kappa shape index (κ3) is 3.19. The van der Waals surface area contributed by atoms with Gasteiger partial charge in [-0.05, 0) is 42.8 Å². The highest BCUT2D eigenvalue weighted by Gasteiger charge is 2.12. The van der Waals surface area contributed by atoms with Gasteiger partial charge in [-0.25, -0.2) is 0 Å². The second-order valence-corrected chi connectivity index (χ2v) is 5.00. The Morgan fingerprint density at radius 3 is 2.63 bits per heavy atom. The van der Waals surface area contributed by atoms with E-state index in [1.54, 1.807) is 24.3 Å². The summed E-state index contributed by atoms with van der Waals surface area (Å²) in [6.07, 6.45) is 0. The summed E-state index contributed by atoms with van der Waals surface area (Å²) in [4.78, 5) is 12.2. The zero-order valence-corrected chi connectivity index (χ0v) is 11.7. The predicted octanol–water partition coefficient (Wildman–Crippen LogP) is 4.14. The van der Waals surface area contributed by atoms with E-state index >= 15 is 0 Å². The van der Waals surface area contributed by atoms with E-state index in [1.807, 2.05) is 13.0 Å². The van der Waals surface area contributed by atoms with E-state index in [0.717, 1.165) is 5.56 Å². The van der Waals surface area contributed by atoms with E-state index < -0.39 is 0 Å². The van der Waals surface area contributed by atoms with Crippen LogP contribution in [0.15, 0.2) is 36.4 Å². The molecule has 0 radical (unpaired) electrons. The lowest BCUT2D eigenvalue weighted by molar-refractivity contribution is 0.102. The molecule has 0 spiro atoms. The second kappa shape index (κ2) is 5.51. The molecule has 0 aromatic heterocycles. The van der Waals surface area contributed by atoms with Crippen LogP contribution in [0.3, 0.4) is 0 Å². The van der Waals surface area contributed by atoms with Crippen LogP contribution in [-0.4, -0.2) is 5.91 Å². The molecule has 2 aromatic rings. The SMILES string of the molecule is Cc1ccc(Cl)cc1NC(=O)c1cc(N)ccc1Cl. The fourth-order valence-electron chi connectivity index (χ4n) is 1.64. The predicted molar refractivity (Wildman–Crippen MR) is 80.0 cm³/mol. The lowest BCUT2D eigenvalue weighted by Crippen LogP contribution is -2.13. The molecule has 0 unspecified atom stereocenters. The quantitative estimate of drug-likeness (QED) is 0.818. The van der Waals surface area contributed by atoms with Crippen LogP contribution in [0.4, 0.5) is 11.4 Å². The van der Waals surface area contributed by atoms with Crippen molar-refractivity contribution in [2.45, 2.75) is 6.92 Å². The molecule has 0 aliphatic rings. The Bertz CT molecular complexity index is 641. The summed E-state index contributed by atoms with van der Waals surface area (Å²) < 4.78 is 0. The Balaban J connectivity index is 2.30. The van der Waals surface area contributed by atoms with Gasteiger partial charge in [0, 0.05) is 16.4 Å². The molecule has 0 saturated carbocycles. The first-order chi connectivity index (χ1) is 8.97. The fraction of sp³-hybridized carbons (Fsp3) is 0.0714. The van der Waals surface area contributed by atoms with Crippen molar-refractivity contribution in [1.29, 1.82) is 0 Å². The van der Waals surface area contributed by atoms with Gasteiger partial charge in [0.05, 0.1) is 10.6 Å². The molecule has 0 fully saturated rings. The van der Waals surface area contributed by atoms with Crippen LogP contribution >= 0.6 is 23.2 Å². The second-order valence-electron chi connectivity index (χ2n) is 4.15. The summed E-state index contributed by atoms with van der Waals surface area (Å²) in [7, 11) is 0. The number of nitrogen functional groups attached to an aromatic ring is 1. The molecular weight excluding hydrogens is 283 g/mol. The number of hydrogen-bond acceptors (Lipinski definition) is 2. The van der Waals surface area contributed by atoms with Crippen LogP contribution in [0.25, 0.3) is 0 Å². The molecular formula is C14H12Cl2N2O. The molecule has 2 aromatic carbocycles. The zero-order chi connectivity index (χ0) is 14.0. The fourth-order valence-corrected chi connectivity index (χ4v) is 2.01. The van der Waals surface area contributed by atoms with Crippen LogP contribution in [0, 0.1) is 6.92 Å². The van der Waals surface area contributed by atoms with Crippen molar-refractivity contribution in [3.05, 3.63) is 57.6 Å². The third-order valence-corrected chi connectivity index (χ3v) is 3.25. The first-order valence-electron chi connectivity index (χ1n) is 5.60. The van der Waals surface area contributed by atoms with Gasteiger partial charge in [-0.2, -0.15) is 0 Å². The summed E-state index contributed by atoms with van der Waals surface area (Å²) in [5.74, 6) is -0.317. The molecule has 5 heteroatoms. The number of carbonyl (C=O) groups excluding carboxylic acids is 1. The summed E-state index contributed by atoms with van der Waals surface area (Å²) in [6, 6.07) is 10.1. The highest BCUT2D eigenvalue weighted by Crippen LogP contribution is 2.23. The maximum atomic E-state index is 12.2. The third-order valence-electron chi connectivity index (χ3n) is 2.68. The Labute approximate surface area is 121 Å². The highest BCUT2D eigenvalue weighted by molar-refractivity contribution is 6.34. The van der Waals surface area contributed by atoms with Crippen LogP contribution in [0.2, 0.25) is 10.0 Å². The maximum Gasteiger partial charge on any atom is 0.257 e. The normalized spacial score (nSPS) is 10.3. The van der Waals surface area contributed by atoms with Gasteiger partial charge in [0.2, 0.25) is 0 Å². The highest BCUT2D eigenvalue weighted by atomic mass is 35.5. The number of benzene rings is 2. The lowest BCUT2D eigenvalue weighted by Gasteiger charge is -2.10. The number of nitrogens with two attached hydrogens (primary N) is 1. The van der Waals surface area contributed by atoms with Gasteiger partial charge in [-0.15, -0.1) is 0 Å². The van der Waals surface area contributed by atoms with Crippen molar-refractivity contribution < 1.29 is 4.79 Å². The van der Waals surface area contributed by atoms with Gasteiger partial charge in [-0.1, -0.05) is 29.3 Å². The number of aryl methyl sites for hydroxylation is 1. The van der Waals surface area contributed by atoms with Crippen LogP contribution in [-0.2, 0) is 0 Å². The Hall–Kier alpha value is -1.71. The largest absolute Gasteiger partial charge is 0.399 e. The van der Waals surface area contributed by atoms with E-state index in [2.05, 4.69) is 5.32 Å². The average Bonchev–Trinajstić information content (AvgIpc) is 2.36. The van der Waals surface area contributed by atoms with Gasteiger partial charge in [0.1, 0.15) is 0 Å². The first-order valence-corrected chi connectivity index (χ1v) is 6.35. The topological polar surface area (TPSA) is 55.1 Å². The van der Waals surface area contributed by atoms with E-state index in [4.69, 9.17) is 28.9 Å². The minimum atomic E-state index is -0.317. The standard InChI is InChI=1S/C14H12Cl2N2O/c1-8-2-3-9(15)6-13(8)18-14(19)11-7-10(17)4-5-12(11)16/h2-7H,17H2,1H3,(H,18,19). The smallest absolute Gasteiger partial charge is 0.257 e. The van der Waals surface area contributed by atoms with Gasteiger partial charge >= 0.3 is 0 Å². The van der Waals surface area contributed by atoms with Crippen LogP contribution in [0.1, 0.15) is 15.9 Å². The number of hydrogen-bond donors (Lipinski definition) is 2. The molecule has 0 aliphatic heterocycles. The molecule has 0 heterocycles. The molecule has 19 heavy (non-hydrogen) atoms. The Kier molecular flexibility index (Phi) is 3.98. The van der Waals surface area contributed by atoms with E-state index in [-0.39, 0.29) is 5.91 Å². The van der Waals surface area contributed by atoms with E-state index in [1.165, 1.54) is 6.07 Å². The number of anilines is 2. The summed E-state index contributed by atoms with van der Waals surface area (Å²) in [6.45, 7) is 1.88. The lowest BCUT2D eigenvalue weighted by atomic mass is 10.1. The zero-order valence-electron chi connectivity index (χ0n) is 10.2. The van der Waals surface area contributed by atoms with E-state index in [9.17, 15) is 4.79 Å². The molecule has 0 saturated heterocycles. The van der Waals surface area contributed by atoms with Gasteiger partial charge in [0.25, 0.3) is 5.91 Å². The molecule has 3 nitrogen and oxygen atoms in total. The maximum absolute atomic E-state index is 12.2. The molecule has 0 atom stereocenters. The van der Waals surface area contributed by atoms with Crippen molar-refractivity contribution in [3.8, 4) is 0 Å². The minimum absolute atomic E-state index is 0.317. The Morgan fingerprint density at radius 2 is 1.89 bits per heavy atom. The van der Waals surface area contributed by atoms with E-state index in [0.29, 0.717) is 27.0 Å². The molecule has 1 amide bonds. The molecule has 0 aliphatic carbocycles. The molecule has 2 rings (SSSR count). The van der Waals surface area contributed by atoms with Gasteiger partial charge in [0.15, 0.2) is 0 Å². The van der Waals surface area contributed by atoms with Crippen LogP contribution in [0.5, 0.6) is 0 Å². The molecule has 98 valence electrons. The van der Waals surface area contributed by atoms with Crippen molar-refractivity contribution in [2.75, 3.05) is 11.1 Å². The number of rotatable bonds is 2. The molecule has 3 N–H and O–H groups in total. The minimum Gasteiger partial charge on any atom is -0.399 e. The van der Waals surface area contributed by atoms with Crippen molar-refractivity contribution >= 4 is 40.5 Å². The first kappa shape index (κ1) is 13.7.